The number of aliphatic hydroxyl groups excluding tert-OH is 1. The minimum atomic E-state index is -0.936. The second-order valence-electron chi connectivity index (χ2n) is 11.6. The van der Waals surface area contributed by atoms with Crippen molar-refractivity contribution in [2.24, 2.45) is 23.2 Å². The van der Waals surface area contributed by atoms with Crippen molar-refractivity contribution in [1.29, 1.82) is 0 Å². The normalized spacial score (nSPS) is 28.9. The molecule has 2 saturated carbocycles. The van der Waals surface area contributed by atoms with Crippen molar-refractivity contribution in [3.05, 3.63) is 24.3 Å². The van der Waals surface area contributed by atoms with Gasteiger partial charge in [-0.2, -0.15) is 0 Å². The van der Waals surface area contributed by atoms with E-state index in [9.17, 15) is 15.0 Å². The molecule has 2 aliphatic carbocycles. The fraction of sp³-hybridized carbons (Fsp3) is 0.741. The Hall–Kier alpha value is -2.03. The Kier molecular flexibility index (Phi) is 8.29. The van der Waals surface area contributed by atoms with Gasteiger partial charge in [-0.25, -0.2) is 4.79 Å². The van der Waals surface area contributed by atoms with Gasteiger partial charge >= 0.3 is 6.16 Å². The summed E-state index contributed by atoms with van der Waals surface area (Å²) < 4.78 is 22.2. The molecule has 198 valence electrons. The van der Waals surface area contributed by atoms with Crippen LogP contribution in [0.3, 0.4) is 0 Å². The minimum Gasteiger partial charge on any atom is -0.493 e. The molecule has 2 fully saturated rings. The van der Waals surface area contributed by atoms with Crippen LogP contribution in [0, 0.1) is 23.2 Å². The van der Waals surface area contributed by atoms with Gasteiger partial charge in [0.15, 0.2) is 11.5 Å². The number of hydrogen-bond acceptors (Lipinski definition) is 8. The number of carbonyl (C=O) groups is 1. The van der Waals surface area contributed by atoms with Crippen LogP contribution in [0.5, 0.6) is 11.5 Å². The number of ether oxygens (including phenoxy) is 4. The second kappa shape index (κ2) is 10.5. The first-order valence-corrected chi connectivity index (χ1v) is 12.6. The molecule has 0 aromatic heterocycles. The third kappa shape index (κ3) is 6.22. The molecule has 0 spiro atoms. The lowest BCUT2D eigenvalue weighted by atomic mass is 9.74. The van der Waals surface area contributed by atoms with Crippen molar-refractivity contribution < 1.29 is 34.0 Å². The molecule has 3 N–H and O–H groups in total. The van der Waals surface area contributed by atoms with Gasteiger partial charge < -0.3 is 34.5 Å². The van der Waals surface area contributed by atoms with Crippen LogP contribution in [0.15, 0.2) is 24.3 Å². The maximum atomic E-state index is 12.5. The van der Waals surface area contributed by atoms with Gasteiger partial charge in [-0.3, -0.25) is 0 Å². The Morgan fingerprint density at radius 3 is 2.51 bits per heavy atom. The number of fused-ring (bicyclic) bond motifs is 1. The number of para-hydroxylation sites is 2. The Morgan fingerprint density at radius 1 is 1.23 bits per heavy atom. The summed E-state index contributed by atoms with van der Waals surface area (Å²) in [6, 6.07) is 7.42. The van der Waals surface area contributed by atoms with Gasteiger partial charge in [0.2, 0.25) is 0 Å². The summed E-state index contributed by atoms with van der Waals surface area (Å²) in [7, 11) is 1.59. The van der Waals surface area contributed by atoms with Gasteiger partial charge in [0.1, 0.15) is 24.4 Å². The minimum absolute atomic E-state index is 0.0778. The average Bonchev–Trinajstić information content (AvgIpc) is 3.20. The molecule has 6 atom stereocenters. The molecular formula is C27H43NO7. The highest BCUT2D eigenvalue weighted by molar-refractivity contribution is 5.60. The molecule has 2 aliphatic rings. The van der Waals surface area contributed by atoms with Gasteiger partial charge in [-0.1, -0.05) is 32.9 Å². The van der Waals surface area contributed by atoms with Crippen LogP contribution in [-0.4, -0.2) is 66.6 Å². The highest BCUT2D eigenvalue weighted by Gasteiger charge is 2.73. The zero-order valence-electron chi connectivity index (χ0n) is 22.2. The van der Waals surface area contributed by atoms with Crippen LogP contribution in [0.25, 0.3) is 0 Å². The standard InChI is InChI=1S/C27H43NO7/c1-17-15-27(31)22(26(27,5)6)14-18(17)23(34-24(30)35-25(2,3)4)19(29)16-28-12-13-33-21-11-9-8-10-20(21)32-7/h8-11,17-19,22-23,28-29,31H,12-16H2,1-7H3. The lowest BCUT2D eigenvalue weighted by molar-refractivity contribution is -0.0980. The van der Waals surface area contributed by atoms with Crippen LogP contribution in [0.2, 0.25) is 0 Å². The second-order valence-corrected chi connectivity index (χ2v) is 11.6. The maximum Gasteiger partial charge on any atom is 0.509 e. The van der Waals surface area contributed by atoms with E-state index >= 15 is 0 Å². The van der Waals surface area contributed by atoms with Crippen molar-refractivity contribution >= 4 is 6.16 Å². The summed E-state index contributed by atoms with van der Waals surface area (Å²) in [6.45, 7) is 12.6. The summed E-state index contributed by atoms with van der Waals surface area (Å²) in [5, 5.41) is 25.3. The molecular weight excluding hydrogens is 450 g/mol. The first-order valence-electron chi connectivity index (χ1n) is 12.6. The molecule has 0 heterocycles. The number of aliphatic hydroxyl groups is 2. The van der Waals surface area contributed by atoms with E-state index in [1.807, 2.05) is 24.3 Å². The van der Waals surface area contributed by atoms with Crippen molar-refractivity contribution in [2.45, 2.75) is 77.8 Å². The molecule has 1 aromatic carbocycles. The van der Waals surface area contributed by atoms with E-state index in [-0.39, 0.29) is 29.7 Å². The molecule has 0 radical (unpaired) electrons. The third-order valence-electron chi connectivity index (χ3n) is 7.73. The number of methoxy groups -OCH3 is 1. The molecule has 6 unspecified atom stereocenters. The molecule has 0 bridgehead atoms. The van der Waals surface area contributed by atoms with E-state index in [2.05, 4.69) is 26.1 Å². The number of hydrogen-bond donors (Lipinski definition) is 3. The summed E-state index contributed by atoms with van der Waals surface area (Å²) in [6.07, 6.45) is -1.16. The van der Waals surface area contributed by atoms with E-state index in [0.29, 0.717) is 37.5 Å². The summed E-state index contributed by atoms with van der Waals surface area (Å²) in [4.78, 5) is 12.5. The zero-order valence-corrected chi connectivity index (χ0v) is 22.2. The monoisotopic (exact) mass is 493 g/mol. The molecule has 0 aliphatic heterocycles. The van der Waals surface area contributed by atoms with E-state index < -0.39 is 29.6 Å². The molecule has 0 saturated heterocycles. The van der Waals surface area contributed by atoms with Gasteiger partial charge in [-0.15, -0.1) is 0 Å². The SMILES string of the molecule is COc1ccccc1OCCNCC(O)C(OC(=O)OC(C)(C)C)C1CC2C(C)(C)C2(O)CC1C. The number of benzene rings is 1. The average molecular weight is 494 g/mol. The van der Waals surface area contributed by atoms with E-state index in [1.165, 1.54) is 0 Å². The lowest BCUT2D eigenvalue weighted by Crippen LogP contribution is -2.48. The Labute approximate surface area is 209 Å². The fourth-order valence-electron chi connectivity index (χ4n) is 5.62. The summed E-state index contributed by atoms with van der Waals surface area (Å²) in [5.41, 5.74) is -1.55. The molecule has 8 nitrogen and oxygen atoms in total. The lowest BCUT2D eigenvalue weighted by Gasteiger charge is -2.38. The van der Waals surface area contributed by atoms with Gasteiger partial charge in [0, 0.05) is 19.0 Å². The number of nitrogens with one attached hydrogen (secondary N) is 1. The van der Waals surface area contributed by atoms with Gasteiger partial charge in [0.05, 0.1) is 12.7 Å². The van der Waals surface area contributed by atoms with Crippen molar-refractivity contribution in [2.75, 3.05) is 26.8 Å². The number of carbonyl (C=O) groups excluding carboxylic acids is 1. The predicted octanol–water partition coefficient (Wildman–Crippen LogP) is 3.78. The van der Waals surface area contributed by atoms with Crippen molar-refractivity contribution in [3.8, 4) is 11.5 Å². The van der Waals surface area contributed by atoms with Crippen LogP contribution < -0.4 is 14.8 Å². The Bertz CT molecular complexity index is 867. The highest BCUT2D eigenvalue weighted by atomic mass is 16.7. The van der Waals surface area contributed by atoms with E-state index in [4.69, 9.17) is 18.9 Å². The van der Waals surface area contributed by atoms with E-state index in [0.717, 1.165) is 0 Å². The van der Waals surface area contributed by atoms with E-state index in [1.54, 1.807) is 27.9 Å². The summed E-state index contributed by atoms with van der Waals surface area (Å²) in [5.74, 6) is 1.42. The van der Waals surface area contributed by atoms with Crippen molar-refractivity contribution in [3.63, 3.8) is 0 Å². The van der Waals surface area contributed by atoms with Crippen LogP contribution in [-0.2, 0) is 9.47 Å². The largest absolute Gasteiger partial charge is 0.509 e. The van der Waals surface area contributed by atoms with Gasteiger partial charge in [0.25, 0.3) is 0 Å². The fourth-order valence-corrected chi connectivity index (χ4v) is 5.62. The predicted molar refractivity (Wildman–Crippen MR) is 133 cm³/mol. The molecule has 1 aromatic rings. The topological polar surface area (TPSA) is 106 Å². The maximum absolute atomic E-state index is 12.5. The highest BCUT2D eigenvalue weighted by Crippen LogP contribution is 2.70. The smallest absolute Gasteiger partial charge is 0.493 e. The zero-order chi connectivity index (χ0) is 26.0. The van der Waals surface area contributed by atoms with Crippen LogP contribution in [0.4, 0.5) is 4.79 Å². The Morgan fingerprint density at radius 2 is 1.89 bits per heavy atom. The first-order chi connectivity index (χ1) is 16.3. The molecule has 0 amide bonds. The third-order valence-corrected chi connectivity index (χ3v) is 7.73. The van der Waals surface area contributed by atoms with Crippen LogP contribution in [0.1, 0.15) is 54.4 Å². The number of rotatable bonds is 10. The quantitative estimate of drug-likeness (QED) is 0.334. The molecule has 3 rings (SSSR count). The van der Waals surface area contributed by atoms with Gasteiger partial charge in [-0.05, 0) is 63.0 Å². The van der Waals surface area contributed by atoms with Crippen LogP contribution >= 0.6 is 0 Å². The Balaban J connectivity index is 1.59. The molecule has 35 heavy (non-hydrogen) atoms. The summed E-state index contributed by atoms with van der Waals surface area (Å²) >= 11 is 0. The molecule has 8 heteroatoms. The first kappa shape index (κ1) is 27.6. The van der Waals surface area contributed by atoms with Crippen molar-refractivity contribution in [1.82, 2.24) is 5.32 Å².